The summed E-state index contributed by atoms with van der Waals surface area (Å²) in [5.74, 6) is 0. The van der Waals surface area contributed by atoms with Gasteiger partial charge in [0.25, 0.3) is 0 Å². The highest BCUT2D eigenvalue weighted by Crippen LogP contribution is 2.10. The van der Waals surface area contributed by atoms with Crippen molar-refractivity contribution in [3.05, 3.63) is 34.9 Å². The molecular formula is C15H25N3. The van der Waals surface area contributed by atoms with Crippen molar-refractivity contribution >= 4 is 0 Å². The molecule has 1 aromatic carbocycles. The highest BCUT2D eigenvalue weighted by molar-refractivity contribution is 5.30. The molecule has 100 valence electrons. The zero-order valence-corrected chi connectivity index (χ0v) is 11.6. The van der Waals surface area contributed by atoms with Gasteiger partial charge in [0.2, 0.25) is 0 Å². The molecule has 1 heterocycles. The molecule has 0 saturated carbocycles. The molecule has 0 radical (unpaired) electrons. The molecule has 1 fully saturated rings. The van der Waals surface area contributed by atoms with E-state index in [9.17, 15) is 0 Å². The number of nitrogens with zero attached hydrogens (tertiary/aromatic N) is 1. The zero-order chi connectivity index (χ0) is 12.8. The molecule has 0 unspecified atom stereocenters. The van der Waals surface area contributed by atoms with Crippen LogP contribution < -0.4 is 10.6 Å². The molecule has 1 aromatic rings. The van der Waals surface area contributed by atoms with Crippen LogP contribution in [0.15, 0.2) is 18.2 Å². The second-order valence-electron chi connectivity index (χ2n) is 5.21. The Labute approximate surface area is 111 Å². The van der Waals surface area contributed by atoms with E-state index in [1.165, 1.54) is 16.7 Å². The molecule has 1 aliphatic heterocycles. The van der Waals surface area contributed by atoms with E-state index in [0.29, 0.717) is 0 Å². The Hall–Kier alpha value is -0.900. The van der Waals surface area contributed by atoms with Gasteiger partial charge in [0, 0.05) is 39.4 Å². The van der Waals surface area contributed by atoms with Gasteiger partial charge in [-0.1, -0.05) is 23.8 Å². The van der Waals surface area contributed by atoms with Gasteiger partial charge in [-0.25, -0.2) is 0 Å². The van der Waals surface area contributed by atoms with E-state index in [1.807, 2.05) is 0 Å². The zero-order valence-electron chi connectivity index (χ0n) is 11.6. The second-order valence-corrected chi connectivity index (χ2v) is 5.21. The van der Waals surface area contributed by atoms with Crippen molar-refractivity contribution in [3.63, 3.8) is 0 Å². The van der Waals surface area contributed by atoms with Crippen LogP contribution in [0, 0.1) is 13.8 Å². The van der Waals surface area contributed by atoms with E-state index >= 15 is 0 Å². The third kappa shape index (κ3) is 4.09. The van der Waals surface area contributed by atoms with Crippen molar-refractivity contribution in [3.8, 4) is 0 Å². The highest BCUT2D eigenvalue weighted by Gasteiger charge is 2.07. The van der Waals surface area contributed by atoms with Crippen molar-refractivity contribution in [2.45, 2.75) is 20.3 Å². The second kappa shape index (κ2) is 6.88. The van der Waals surface area contributed by atoms with Gasteiger partial charge in [-0.15, -0.1) is 0 Å². The normalized spacial score (nSPS) is 17.0. The maximum atomic E-state index is 3.54. The van der Waals surface area contributed by atoms with Crippen LogP contribution >= 0.6 is 0 Å². The maximum absolute atomic E-state index is 3.54. The van der Waals surface area contributed by atoms with Crippen LogP contribution in [0.1, 0.15) is 16.7 Å². The van der Waals surface area contributed by atoms with E-state index in [1.54, 1.807) is 0 Å². The van der Waals surface area contributed by atoms with Crippen LogP contribution in [-0.2, 0) is 6.42 Å². The van der Waals surface area contributed by atoms with E-state index in [4.69, 9.17) is 0 Å². The van der Waals surface area contributed by atoms with Crippen molar-refractivity contribution in [1.82, 2.24) is 15.5 Å². The molecule has 1 saturated heterocycles. The summed E-state index contributed by atoms with van der Waals surface area (Å²) < 4.78 is 0. The van der Waals surface area contributed by atoms with E-state index in [0.717, 1.165) is 45.8 Å². The van der Waals surface area contributed by atoms with Gasteiger partial charge in [0.1, 0.15) is 0 Å². The number of hydrogen-bond donors (Lipinski definition) is 2. The Kier molecular flexibility index (Phi) is 5.17. The van der Waals surface area contributed by atoms with Crippen LogP contribution in [0.5, 0.6) is 0 Å². The number of aryl methyl sites for hydroxylation is 2. The van der Waals surface area contributed by atoms with Crippen LogP contribution in [0.25, 0.3) is 0 Å². The minimum Gasteiger partial charge on any atom is -0.314 e. The SMILES string of the molecule is Cc1ccc(CCNCN2CCNCC2)c(C)c1. The van der Waals surface area contributed by atoms with Gasteiger partial charge in [-0.2, -0.15) is 0 Å². The highest BCUT2D eigenvalue weighted by atomic mass is 15.2. The first kappa shape index (κ1) is 13.5. The van der Waals surface area contributed by atoms with E-state index in [-0.39, 0.29) is 0 Å². The fourth-order valence-electron chi connectivity index (χ4n) is 2.46. The van der Waals surface area contributed by atoms with Gasteiger partial charge >= 0.3 is 0 Å². The van der Waals surface area contributed by atoms with Crippen LogP contribution in [-0.4, -0.2) is 44.3 Å². The third-order valence-electron chi connectivity index (χ3n) is 3.61. The number of nitrogens with one attached hydrogen (secondary N) is 2. The van der Waals surface area contributed by atoms with Crippen LogP contribution in [0.4, 0.5) is 0 Å². The fraction of sp³-hybridized carbons (Fsp3) is 0.600. The minimum atomic E-state index is 1.02. The molecule has 2 N–H and O–H groups in total. The molecule has 3 nitrogen and oxygen atoms in total. The standard InChI is InChI=1S/C15H25N3/c1-13-3-4-15(14(2)11-13)5-6-17-12-18-9-7-16-8-10-18/h3-4,11,16-17H,5-10,12H2,1-2H3. The van der Waals surface area contributed by atoms with Gasteiger partial charge in [-0.3, -0.25) is 4.90 Å². The number of rotatable bonds is 5. The maximum Gasteiger partial charge on any atom is 0.0481 e. The lowest BCUT2D eigenvalue weighted by Crippen LogP contribution is -2.47. The Balaban J connectivity index is 1.68. The largest absolute Gasteiger partial charge is 0.314 e. The van der Waals surface area contributed by atoms with E-state index in [2.05, 4.69) is 47.6 Å². The number of benzene rings is 1. The molecule has 0 amide bonds. The summed E-state index contributed by atoms with van der Waals surface area (Å²) in [4.78, 5) is 2.47. The molecule has 1 aliphatic rings. The molecule has 18 heavy (non-hydrogen) atoms. The van der Waals surface area contributed by atoms with E-state index < -0.39 is 0 Å². The molecule has 0 aromatic heterocycles. The first-order valence-corrected chi connectivity index (χ1v) is 6.95. The van der Waals surface area contributed by atoms with Gasteiger partial charge < -0.3 is 10.6 Å². The summed E-state index contributed by atoms with van der Waals surface area (Å²) in [7, 11) is 0. The summed E-state index contributed by atoms with van der Waals surface area (Å²) in [5, 5.41) is 6.92. The summed E-state index contributed by atoms with van der Waals surface area (Å²) in [6.45, 7) is 11.0. The lowest BCUT2D eigenvalue weighted by atomic mass is 10.0. The number of hydrogen-bond acceptors (Lipinski definition) is 3. The molecule has 0 aliphatic carbocycles. The van der Waals surface area contributed by atoms with Crippen molar-refractivity contribution in [2.24, 2.45) is 0 Å². The minimum absolute atomic E-state index is 1.02. The summed E-state index contributed by atoms with van der Waals surface area (Å²) in [6, 6.07) is 6.74. The van der Waals surface area contributed by atoms with Crippen LogP contribution in [0.2, 0.25) is 0 Å². The van der Waals surface area contributed by atoms with Crippen molar-refractivity contribution < 1.29 is 0 Å². The summed E-state index contributed by atoms with van der Waals surface area (Å²) in [5.41, 5.74) is 4.23. The average molecular weight is 247 g/mol. The molecule has 3 heteroatoms. The van der Waals surface area contributed by atoms with Gasteiger partial charge in [0.15, 0.2) is 0 Å². The predicted octanol–water partition coefficient (Wildman–Crippen LogP) is 1.30. The third-order valence-corrected chi connectivity index (χ3v) is 3.61. The average Bonchev–Trinajstić information content (AvgIpc) is 2.38. The Morgan fingerprint density at radius 2 is 2.00 bits per heavy atom. The smallest absolute Gasteiger partial charge is 0.0481 e. The number of piperazine rings is 1. The molecule has 0 atom stereocenters. The summed E-state index contributed by atoms with van der Waals surface area (Å²) >= 11 is 0. The summed E-state index contributed by atoms with van der Waals surface area (Å²) in [6.07, 6.45) is 1.12. The van der Waals surface area contributed by atoms with Crippen molar-refractivity contribution in [2.75, 3.05) is 39.4 Å². The molecule has 2 rings (SSSR count). The Bertz CT molecular complexity index is 370. The monoisotopic (exact) mass is 247 g/mol. The lowest BCUT2D eigenvalue weighted by molar-refractivity contribution is 0.224. The Morgan fingerprint density at radius 1 is 1.22 bits per heavy atom. The first-order valence-electron chi connectivity index (χ1n) is 6.95. The topological polar surface area (TPSA) is 27.3 Å². The van der Waals surface area contributed by atoms with Crippen LogP contribution in [0.3, 0.4) is 0 Å². The van der Waals surface area contributed by atoms with Gasteiger partial charge in [0.05, 0.1) is 0 Å². The molecule has 0 bridgehead atoms. The first-order chi connectivity index (χ1) is 8.75. The predicted molar refractivity (Wildman–Crippen MR) is 76.9 cm³/mol. The Morgan fingerprint density at radius 3 is 2.72 bits per heavy atom. The molecule has 0 spiro atoms. The fourth-order valence-corrected chi connectivity index (χ4v) is 2.46. The van der Waals surface area contributed by atoms with Gasteiger partial charge in [-0.05, 0) is 31.4 Å². The van der Waals surface area contributed by atoms with Crippen molar-refractivity contribution in [1.29, 1.82) is 0 Å². The lowest BCUT2D eigenvalue weighted by Gasteiger charge is -2.27. The quantitative estimate of drug-likeness (QED) is 0.768. The molecular weight excluding hydrogens is 222 g/mol.